The van der Waals surface area contributed by atoms with Gasteiger partial charge in [0.15, 0.2) is 0 Å². The van der Waals surface area contributed by atoms with Crippen molar-refractivity contribution in [2.24, 2.45) is 0 Å². The minimum atomic E-state index is -0.244. The van der Waals surface area contributed by atoms with Gasteiger partial charge in [-0.05, 0) is 44.7 Å². The number of aliphatic hydroxyl groups is 1. The first kappa shape index (κ1) is 15.2. The highest BCUT2D eigenvalue weighted by Gasteiger charge is 2.11. The van der Waals surface area contributed by atoms with Gasteiger partial charge in [-0.1, -0.05) is 37.6 Å². The third-order valence-corrected chi connectivity index (χ3v) is 3.25. The van der Waals surface area contributed by atoms with Gasteiger partial charge in [0.25, 0.3) is 0 Å². The standard InChI is InChI=1S/C16H27NO/c1-5-6-15-7-9-16(10-8-15)14(4)17-12(2)11-13(3)18/h7-10,12-14,17-18H,5-6,11H2,1-4H3. The summed E-state index contributed by atoms with van der Waals surface area (Å²) in [7, 11) is 0. The number of hydrogen-bond acceptors (Lipinski definition) is 2. The molecule has 1 aromatic carbocycles. The lowest BCUT2D eigenvalue weighted by Gasteiger charge is -2.21. The average Bonchev–Trinajstić information content (AvgIpc) is 2.29. The number of nitrogens with one attached hydrogen (secondary N) is 1. The zero-order valence-corrected chi connectivity index (χ0v) is 12.1. The van der Waals surface area contributed by atoms with Crippen molar-refractivity contribution in [2.45, 2.75) is 65.1 Å². The van der Waals surface area contributed by atoms with Crippen LogP contribution < -0.4 is 5.32 Å². The topological polar surface area (TPSA) is 32.3 Å². The summed E-state index contributed by atoms with van der Waals surface area (Å²) >= 11 is 0. The molecule has 1 rings (SSSR count). The third-order valence-electron chi connectivity index (χ3n) is 3.25. The van der Waals surface area contributed by atoms with Crippen LogP contribution in [0, 0.1) is 0 Å². The average molecular weight is 249 g/mol. The van der Waals surface area contributed by atoms with Gasteiger partial charge in [0.1, 0.15) is 0 Å². The van der Waals surface area contributed by atoms with E-state index in [4.69, 9.17) is 0 Å². The van der Waals surface area contributed by atoms with Crippen molar-refractivity contribution in [3.05, 3.63) is 35.4 Å². The van der Waals surface area contributed by atoms with E-state index < -0.39 is 0 Å². The van der Waals surface area contributed by atoms with Crippen molar-refractivity contribution in [1.82, 2.24) is 5.32 Å². The minimum Gasteiger partial charge on any atom is -0.393 e. The van der Waals surface area contributed by atoms with Crippen molar-refractivity contribution in [1.29, 1.82) is 0 Å². The first-order chi connectivity index (χ1) is 8.52. The molecule has 0 spiro atoms. The van der Waals surface area contributed by atoms with Crippen LogP contribution in [0.3, 0.4) is 0 Å². The van der Waals surface area contributed by atoms with Gasteiger partial charge < -0.3 is 10.4 Å². The van der Waals surface area contributed by atoms with Crippen molar-refractivity contribution < 1.29 is 5.11 Å². The van der Waals surface area contributed by atoms with Crippen LogP contribution in [0.1, 0.15) is 57.7 Å². The summed E-state index contributed by atoms with van der Waals surface area (Å²) in [4.78, 5) is 0. The maximum Gasteiger partial charge on any atom is 0.0526 e. The fourth-order valence-corrected chi connectivity index (χ4v) is 2.36. The van der Waals surface area contributed by atoms with E-state index in [1.165, 1.54) is 17.5 Å². The van der Waals surface area contributed by atoms with Crippen LogP contribution in [0.5, 0.6) is 0 Å². The van der Waals surface area contributed by atoms with Gasteiger partial charge in [-0.2, -0.15) is 0 Å². The smallest absolute Gasteiger partial charge is 0.0526 e. The molecule has 0 aliphatic carbocycles. The summed E-state index contributed by atoms with van der Waals surface area (Å²) in [6, 6.07) is 9.51. The lowest BCUT2D eigenvalue weighted by molar-refractivity contribution is 0.168. The molecule has 0 saturated heterocycles. The lowest BCUT2D eigenvalue weighted by atomic mass is 10.0. The molecule has 0 aliphatic heterocycles. The van der Waals surface area contributed by atoms with Gasteiger partial charge in [-0.15, -0.1) is 0 Å². The molecule has 3 unspecified atom stereocenters. The Kier molecular flexibility index (Phi) is 6.37. The summed E-state index contributed by atoms with van der Waals surface area (Å²) in [5.41, 5.74) is 2.72. The summed E-state index contributed by atoms with van der Waals surface area (Å²) in [5, 5.41) is 12.9. The molecule has 0 fully saturated rings. The zero-order chi connectivity index (χ0) is 13.5. The molecule has 0 radical (unpaired) electrons. The molecule has 18 heavy (non-hydrogen) atoms. The largest absolute Gasteiger partial charge is 0.393 e. The highest BCUT2D eigenvalue weighted by molar-refractivity contribution is 5.24. The Morgan fingerprint density at radius 1 is 1.11 bits per heavy atom. The minimum absolute atomic E-state index is 0.244. The highest BCUT2D eigenvalue weighted by Crippen LogP contribution is 2.15. The van der Waals surface area contributed by atoms with Gasteiger partial charge in [0.05, 0.1) is 6.10 Å². The number of aliphatic hydroxyl groups excluding tert-OH is 1. The van der Waals surface area contributed by atoms with Crippen molar-refractivity contribution in [3.63, 3.8) is 0 Å². The predicted molar refractivity (Wildman–Crippen MR) is 77.7 cm³/mol. The molecule has 3 atom stereocenters. The van der Waals surface area contributed by atoms with Crippen molar-refractivity contribution in [2.75, 3.05) is 0 Å². The molecule has 0 bridgehead atoms. The second-order valence-corrected chi connectivity index (χ2v) is 5.37. The van der Waals surface area contributed by atoms with Gasteiger partial charge in [-0.25, -0.2) is 0 Å². The van der Waals surface area contributed by atoms with Crippen LogP contribution in [0.25, 0.3) is 0 Å². The first-order valence-corrected chi connectivity index (χ1v) is 7.05. The van der Waals surface area contributed by atoms with Crippen LogP contribution in [0.2, 0.25) is 0 Å². The third kappa shape index (κ3) is 5.19. The Hall–Kier alpha value is -0.860. The fraction of sp³-hybridized carbons (Fsp3) is 0.625. The molecular weight excluding hydrogens is 222 g/mol. The summed E-state index contributed by atoms with van der Waals surface area (Å²) < 4.78 is 0. The SMILES string of the molecule is CCCc1ccc(C(C)NC(C)CC(C)O)cc1. The maximum atomic E-state index is 9.36. The van der Waals surface area contributed by atoms with E-state index >= 15 is 0 Å². The van der Waals surface area contributed by atoms with Gasteiger partial charge in [-0.3, -0.25) is 0 Å². The molecule has 0 aliphatic rings. The Morgan fingerprint density at radius 2 is 1.72 bits per heavy atom. The molecule has 0 heterocycles. The number of aryl methyl sites for hydroxylation is 1. The van der Waals surface area contributed by atoms with E-state index in [1.807, 2.05) is 6.92 Å². The van der Waals surface area contributed by atoms with Crippen LogP contribution >= 0.6 is 0 Å². The number of rotatable bonds is 7. The number of hydrogen-bond donors (Lipinski definition) is 2. The van der Waals surface area contributed by atoms with Crippen LogP contribution in [0.15, 0.2) is 24.3 Å². The first-order valence-electron chi connectivity index (χ1n) is 7.05. The van der Waals surface area contributed by atoms with Gasteiger partial charge >= 0.3 is 0 Å². The molecule has 2 nitrogen and oxygen atoms in total. The molecule has 0 aromatic heterocycles. The monoisotopic (exact) mass is 249 g/mol. The quantitative estimate of drug-likeness (QED) is 0.775. The Balaban J connectivity index is 2.52. The van der Waals surface area contributed by atoms with E-state index in [-0.39, 0.29) is 6.10 Å². The van der Waals surface area contributed by atoms with Gasteiger partial charge in [0, 0.05) is 12.1 Å². The number of benzene rings is 1. The molecule has 2 N–H and O–H groups in total. The van der Waals surface area contributed by atoms with Crippen LogP contribution in [0.4, 0.5) is 0 Å². The van der Waals surface area contributed by atoms with E-state index in [0.29, 0.717) is 12.1 Å². The molecular formula is C16H27NO. The Bertz CT molecular complexity index is 331. The normalized spacial score (nSPS) is 16.3. The maximum absolute atomic E-state index is 9.36. The van der Waals surface area contributed by atoms with Crippen molar-refractivity contribution >= 4 is 0 Å². The van der Waals surface area contributed by atoms with Crippen LogP contribution in [-0.4, -0.2) is 17.3 Å². The second kappa shape index (κ2) is 7.55. The summed E-state index contributed by atoms with van der Waals surface area (Å²) in [6.45, 7) is 8.33. The molecule has 0 saturated carbocycles. The fourth-order valence-electron chi connectivity index (χ4n) is 2.36. The predicted octanol–water partition coefficient (Wildman–Crippen LogP) is 3.45. The lowest BCUT2D eigenvalue weighted by Crippen LogP contribution is -2.31. The second-order valence-electron chi connectivity index (χ2n) is 5.37. The van der Waals surface area contributed by atoms with E-state index in [1.54, 1.807) is 0 Å². The molecule has 2 heteroatoms. The molecule has 0 amide bonds. The molecule has 102 valence electrons. The van der Waals surface area contributed by atoms with E-state index in [2.05, 4.69) is 50.4 Å². The summed E-state index contributed by atoms with van der Waals surface area (Å²) in [5.74, 6) is 0. The van der Waals surface area contributed by atoms with E-state index in [0.717, 1.165) is 12.8 Å². The Labute approximate surface area is 111 Å². The zero-order valence-electron chi connectivity index (χ0n) is 12.1. The van der Waals surface area contributed by atoms with Crippen LogP contribution in [-0.2, 0) is 6.42 Å². The highest BCUT2D eigenvalue weighted by atomic mass is 16.3. The van der Waals surface area contributed by atoms with Crippen molar-refractivity contribution in [3.8, 4) is 0 Å². The van der Waals surface area contributed by atoms with Gasteiger partial charge in [0.2, 0.25) is 0 Å². The molecule has 1 aromatic rings. The summed E-state index contributed by atoms with van der Waals surface area (Å²) in [6.07, 6.45) is 2.89. The Morgan fingerprint density at radius 3 is 2.22 bits per heavy atom. The van der Waals surface area contributed by atoms with E-state index in [9.17, 15) is 5.11 Å².